The van der Waals surface area contributed by atoms with Crippen LogP contribution < -0.4 is 11.1 Å². The molecule has 5 heteroatoms. The predicted octanol–water partition coefficient (Wildman–Crippen LogP) is 3.00. The van der Waals surface area contributed by atoms with Crippen LogP contribution >= 0.6 is 0 Å². The van der Waals surface area contributed by atoms with Gasteiger partial charge in [-0.05, 0) is 36.4 Å². The lowest BCUT2D eigenvalue weighted by Crippen LogP contribution is -2.18. The summed E-state index contributed by atoms with van der Waals surface area (Å²) in [5, 5.41) is 3.53. The quantitative estimate of drug-likeness (QED) is 0.726. The average molecular weight is 283 g/mol. The number of para-hydroxylation sites is 2. The fraction of sp³-hybridized carbons (Fsp3) is 0.0625. The van der Waals surface area contributed by atoms with Crippen LogP contribution in [0.2, 0.25) is 0 Å². The van der Waals surface area contributed by atoms with Gasteiger partial charge in [-0.3, -0.25) is 4.79 Å². The van der Waals surface area contributed by atoms with Crippen molar-refractivity contribution >= 4 is 28.2 Å². The van der Waals surface area contributed by atoms with Gasteiger partial charge in [-0.2, -0.15) is 0 Å². The van der Waals surface area contributed by atoms with Crippen LogP contribution in [-0.4, -0.2) is 10.5 Å². The van der Waals surface area contributed by atoms with E-state index in [-0.39, 0.29) is 18.3 Å². The maximum atomic E-state index is 13.1. The number of carbonyl (C=O) groups excluding carboxylic acids is 1. The fourth-order valence-corrected chi connectivity index (χ4v) is 2.26. The number of halogens is 1. The molecule has 0 aliphatic carbocycles. The molecule has 0 fully saturated rings. The van der Waals surface area contributed by atoms with Gasteiger partial charge in [-0.25, -0.2) is 4.39 Å². The van der Waals surface area contributed by atoms with Crippen LogP contribution in [0.4, 0.5) is 15.8 Å². The standard InChI is InChI=1S/C16H14FN3O/c17-12-5-6-15-11(9-12)7-8-20(15)10-16(21)19-14-4-2-1-3-13(14)18/h1-9H,10,18H2,(H,19,21). The van der Waals surface area contributed by atoms with Crippen molar-refractivity contribution in [2.24, 2.45) is 0 Å². The molecule has 0 saturated carbocycles. The highest BCUT2D eigenvalue weighted by Crippen LogP contribution is 2.19. The van der Waals surface area contributed by atoms with E-state index in [1.54, 1.807) is 47.2 Å². The number of aromatic nitrogens is 1. The largest absolute Gasteiger partial charge is 0.397 e. The van der Waals surface area contributed by atoms with Crippen LogP contribution in [0.5, 0.6) is 0 Å². The lowest BCUT2D eigenvalue weighted by Gasteiger charge is -2.09. The third-order valence-electron chi connectivity index (χ3n) is 3.28. The number of rotatable bonds is 3. The summed E-state index contributed by atoms with van der Waals surface area (Å²) in [6, 6.07) is 13.3. The number of nitrogen functional groups attached to an aromatic ring is 1. The number of hydrogen-bond acceptors (Lipinski definition) is 2. The number of nitrogens with one attached hydrogen (secondary N) is 1. The zero-order valence-corrected chi connectivity index (χ0v) is 11.2. The van der Waals surface area contributed by atoms with Crippen molar-refractivity contribution in [2.75, 3.05) is 11.1 Å². The van der Waals surface area contributed by atoms with E-state index in [1.807, 2.05) is 0 Å². The van der Waals surface area contributed by atoms with Crippen molar-refractivity contribution in [2.45, 2.75) is 6.54 Å². The minimum Gasteiger partial charge on any atom is -0.397 e. The van der Waals surface area contributed by atoms with Crippen molar-refractivity contribution in [3.63, 3.8) is 0 Å². The zero-order valence-electron chi connectivity index (χ0n) is 11.2. The van der Waals surface area contributed by atoms with Crippen molar-refractivity contribution in [1.29, 1.82) is 0 Å². The molecule has 0 saturated heterocycles. The number of anilines is 2. The third-order valence-corrected chi connectivity index (χ3v) is 3.28. The molecule has 0 aliphatic rings. The van der Waals surface area contributed by atoms with Crippen LogP contribution in [-0.2, 0) is 11.3 Å². The first-order valence-corrected chi connectivity index (χ1v) is 6.52. The number of nitrogens with zero attached hydrogens (tertiary/aromatic N) is 1. The summed E-state index contributed by atoms with van der Waals surface area (Å²) in [6.45, 7) is 0.142. The predicted molar refractivity (Wildman–Crippen MR) is 81.4 cm³/mol. The molecule has 4 nitrogen and oxygen atoms in total. The highest BCUT2D eigenvalue weighted by atomic mass is 19.1. The van der Waals surface area contributed by atoms with E-state index in [9.17, 15) is 9.18 Å². The van der Waals surface area contributed by atoms with Gasteiger partial charge in [0.15, 0.2) is 0 Å². The molecule has 0 radical (unpaired) electrons. The van der Waals surface area contributed by atoms with Crippen LogP contribution in [0, 0.1) is 5.82 Å². The SMILES string of the molecule is Nc1ccccc1NC(=O)Cn1ccc2cc(F)ccc21. The number of amides is 1. The van der Waals surface area contributed by atoms with Gasteiger partial charge >= 0.3 is 0 Å². The lowest BCUT2D eigenvalue weighted by atomic mass is 10.2. The monoisotopic (exact) mass is 283 g/mol. The Morgan fingerprint density at radius 2 is 2.00 bits per heavy atom. The van der Waals surface area contributed by atoms with E-state index in [0.717, 1.165) is 10.9 Å². The molecule has 106 valence electrons. The highest BCUT2D eigenvalue weighted by molar-refractivity contribution is 5.94. The van der Waals surface area contributed by atoms with E-state index in [0.29, 0.717) is 11.4 Å². The Bertz CT molecular complexity index is 810. The van der Waals surface area contributed by atoms with Crippen LogP contribution in [0.3, 0.4) is 0 Å². The molecule has 1 amide bonds. The third kappa shape index (κ3) is 2.72. The Kier molecular flexibility index (Phi) is 3.31. The molecule has 2 aromatic carbocycles. The Balaban J connectivity index is 1.79. The van der Waals surface area contributed by atoms with Gasteiger partial charge in [0.1, 0.15) is 12.4 Å². The van der Waals surface area contributed by atoms with Gasteiger partial charge < -0.3 is 15.6 Å². The van der Waals surface area contributed by atoms with Crippen molar-refractivity contribution in [3.8, 4) is 0 Å². The van der Waals surface area contributed by atoms with Gasteiger partial charge in [-0.15, -0.1) is 0 Å². The number of carbonyl (C=O) groups is 1. The molecular formula is C16H14FN3O. The zero-order chi connectivity index (χ0) is 14.8. The molecule has 0 atom stereocenters. The van der Waals surface area contributed by atoms with Crippen LogP contribution in [0.1, 0.15) is 0 Å². The summed E-state index contributed by atoms with van der Waals surface area (Å²) in [5.41, 5.74) is 7.71. The van der Waals surface area contributed by atoms with E-state index >= 15 is 0 Å². The topological polar surface area (TPSA) is 60.0 Å². The van der Waals surface area contributed by atoms with Gasteiger partial charge in [-0.1, -0.05) is 12.1 Å². The maximum absolute atomic E-state index is 13.1. The molecular weight excluding hydrogens is 269 g/mol. The molecule has 21 heavy (non-hydrogen) atoms. The molecule has 1 aromatic heterocycles. The van der Waals surface area contributed by atoms with Gasteiger partial charge in [0.2, 0.25) is 5.91 Å². The van der Waals surface area contributed by atoms with Gasteiger partial charge in [0.25, 0.3) is 0 Å². The molecule has 3 aromatic rings. The summed E-state index contributed by atoms with van der Waals surface area (Å²) in [5.74, 6) is -0.475. The highest BCUT2D eigenvalue weighted by Gasteiger charge is 2.08. The van der Waals surface area contributed by atoms with E-state index in [1.165, 1.54) is 12.1 Å². The second kappa shape index (κ2) is 5.28. The first-order chi connectivity index (χ1) is 10.1. The molecule has 0 aliphatic heterocycles. The molecule has 0 bridgehead atoms. The van der Waals surface area contributed by atoms with Gasteiger partial charge in [0.05, 0.1) is 11.4 Å². The lowest BCUT2D eigenvalue weighted by molar-refractivity contribution is -0.116. The first kappa shape index (κ1) is 13.2. The van der Waals surface area contributed by atoms with Crippen LogP contribution in [0.15, 0.2) is 54.7 Å². The smallest absolute Gasteiger partial charge is 0.244 e. The minimum absolute atomic E-state index is 0.142. The van der Waals surface area contributed by atoms with E-state index in [2.05, 4.69) is 5.32 Å². The molecule has 3 N–H and O–H groups in total. The summed E-state index contributed by atoms with van der Waals surface area (Å²) >= 11 is 0. The summed E-state index contributed by atoms with van der Waals surface area (Å²) in [7, 11) is 0. The average Bonchev–Trinajstić information content (AvgIpc) is 2.83. The number of benzene rings is 2. The number of fused-ring (bicyclic) bond motifs is 1. The fourth-order valence-electron chi connectivity index (χ4n) is 2.26. The molecule has 3 rings (SSSR count). The van der Waals surface area contributed by atoms with Crippen LogP contribution in [0.25, 0.3) is 10.9 Å². The second-order valence-corrected chi connectivity index (χ2v) is 4.78. The Labute approximate surface area is 121 Å². The Hall–Kier alpha value is -2.82. The van der Waals surface area contributed by atoms with E-state index < -0.39 is 0 Å². The first-order valence-electron chi connectivity index (χ1n) is 6.52. The second-order valence-electron chi connectivity index (χ2n) is 4.78. The molecule has 0 spiro atoms. The Morgan fingerprint density at radius 1 is 1.19 bits per heavy atom. The Morgan fingerprint density at radius 3 is 2.81 bits per heavy atom. The summed E-state index contributed by atoms with van der Waals surface area (Å²) < 4.78 is 14.9. The van der Waals surface area contributed by atoms with Crippen molar-refractivity contribution < 1.29 is 9.18 Å². The maximum Gasteiger partial charge on any atom is 0.244 e. The number of nitrogens with two attached hydrogens (primary N) is 1. The number of hydrogen-bond donors (Lipinski definition) is 2. The van der Waals surface area contributed by atoms with E-state index in [4.69, 9.17) is 5.73 Å². The van der Waals surface area contributed by atoms with Crippen molar-refractivity contribution in [1.82, 2.24) is 4.57 Å². The van der Waals surface area contributed by atoms with Gasteiger partial charge in [0, 0.05) is 17.1 Å². The summed E-state index contributed by atoms with van der Waals surface area (Å²) in [4.78, 5) is 12.1. The summed E-state index contributed by atoms with van der Waals surface area (Å²) in [6.07, 6.45) is 1.76. The minimum atomic E-state index is -0.290. The molecule has 0 unspecified atom stereocenters. The normalized spacial score (nSPS) is 10.7. The van der Waals surface area contributed by atoms with Crippen molar-refractivity contribution in [3.05, 3.63) is 60.5 Å². The molecule has 1 heterocycles.